The second-order valence-electron chi connectivity index (χ2n) is 3.16. The molecule has 0 fully saturated rings. The number of carbonyl (C=O) groups is 1. The lowest BCUT2D eigenvalue weighted by Gasteiger charge is -2.06. The van der Waals surface area contributed by atoms with Crippen LogP contribution in [0.15, 0.2) is 24.7 Å². The van der Waals surface area contributed by atoms with E-state index >= 15 is 0 Å². The molecule has 0 atom stereocenters. The monoisotopic (exact) mass is 253 g/mol. The number of nitrogens with zero attached hydrogens (tertiary/aromatic N) is 3. The highest BCUT2D eigenvalue weighted by molar-refractivity contribution is 6.29. The third kappa shape index (κ3) is 2.36. The number of carboxylic acid groups (broad SMARTS) is 1. The van der Waals surface area contributed by atoms with Gasteiger partial charge in [-0.25, -0.2) is 14.8 Å². The molecule has 0 aromatic carbocycles. The first-order chi connectivity index (χ1) is 8.10. The van der Waals surface area contributed by atoms with Crippen molar-refractivity contribution in [3.63, 3.8) is 0 Å². The molecule has 0 aliphatic heterocycles. The molecule has 0 aliphatic carbocycles. The highest BCUT2D eigenvalue weighted by atomic mass is 35.5. The van der Waals surface area contributed by atoms with Crippen LogP contribution >= 0.6 is 11.6 Å². The van der Waals surface area contributed by atoms with E-state index in [1.165, 1.54) is 19.5 Å². The number of hydrogen-bond acceptors (Lipinski definition) is 4. The number of aromatic carboxylic acids is 1. The summed E-state index contributed by atoms with van der Waals surface area (Å²) in [7, 11) is 1.42. The summed E-state index contributed by atoms with van der Waals surface area (Å²) in [6.45, 7) is 0. The lowest BCUT2D eigenvalue weighted by molar-refractivity contribution is 0.0689. The van der Waals surface area contributed by atoms with Gasteiger partial charge in [0.15, 0.2) is 5.69 Å². The first-order valence-corrected chi connectivity index (χ1v) is 4.97. The van der Waals surface area contributed by atoms with Gasteiger partial charge in [-0.2, -0.15) is 0 Å². The topological polar surface area (TPSA) is 77.2 Å². The fourth-order valence-corrected chi connectivity index (χ4v) is 1.44. The van der Waals surface area contributed by atoms with Crippen molar-refractivity contribution in [3.05, 3.63) is 35.5 Å². The van der Waals surface area contributed by atoms with Crippen LogP contribution in [0.5, 0.6) is 5.88 Å². The average molecular weight is 254 g/mol. The van der Waals surface area contributed by atoms with E-state index in [9.17, 15) is 4.79 Å². The highest BCUT2D eigenvalue weighted by Gasteiger charge is 2.10. The van der Waals surface area contributed by atoms with Crippen molar-refractivity contribution in [1.29, 1.82) is 0 Å². The zero-order valence-corrected chi connectivity index (χ0v) is 9.55. The van der Waals surface area contributed by atoms with Gasteiger partial charge >= 0.3 is 5.97 Å². The van der Waals surface area contributed by atoms with E-state index in [2.05, 4.69) is 9.97 Å². The Balaban J connectivity index is 2.53. The number of halogens is 1. The SMILES string of the molecule is COc1cc(-n2cnc(Cl)c2)cc(C(=O)O)n1. The van der Waals surface area contributed by atoms with Crippen LogP contribution < -0.4 is 4.74 Å². The molecule has 0 unspecified atom stereocenters. The number of rotatable bonds is 3. The summed E-state index contributed by atoms with van der Waals surface area (Å²) in [6.07, 6.45) is 3.03. The molecule has 2 rings (SSSR count). The van der Waals surface area contributed by atoms with E-state index in [-0.39, 0.29) is 11.6 Å². The van der Waals surface area contributed by atoms with Crippen molar-refractivity contribution in [2.45, 2.75) is 0 Å². The number of pyridine rings is 1. The van der Waals surface area contributed by atoms with E-state index in [0.717, 1.165) is 0 Å². The Morgan fingerprint density at radius 3 is 2.82 bits per heavy atom. The Hall–Kier alpha value is -2.08. The van der Waals surface area contributed by atoms with Crippen LogP contribution in [0.1, 0.15) is 10.5 Å². The van der Waals surface area contributed by atoms with E-state index in [1.807, 2.05) is 0 Å². The second-order valence-corrected chi connectivity index (χ2v) is 3.55. The van der Waals surface area contributed by atoms with Crippen LogP contribution in [-0.4, -0.2) is 32.7 Å². The minimum Gasteiger partial charge on any atom is -0.481 e. The first-order valence-electron chi connectivity index (χ1n) is 4.59. The van der Waals surface area contributed by atoms with Crippen molar-refractivity contribution in [3.8, 4) is 11.6 Å². The summed E-state index contributed by atoms with van der Waals surface area (Å²) < 4.78 is 6.52. The minimum absolute atomic E-state index is 0.107. The van der Waals surface area contributed by atoms with Gasteiger partial charge in [-0.1, -0.05) is 11.6 Å². The van der Waals surface area contributed by atoms with Gasteiger partial charge in [0.1, 0.15) is 11.5 Å². The minimum atomic E-state index is -1.13. The summed E-state index contributed by atoms with van der Waals surface area (Å²) in [5, 5.41) is 9.23. The number of carboxylic acids is 1. The third-order valence-corrected chi connectivity index (χ3v) is 2.26. The predicted molar refractivity (Wildman–Crippen MR) is 59.9 cm³/mol. The van der Waals surface area contributed by atoms with Crippen LogP contribution in [0.25, 0.3) is 5.69 Å². The maximum Gasteiger partial charge on any atom is 0.354 e. The molecule has 1 N–H and O–H groups in total. The molecule has 0 radical (unpaired) electrons. The Kier molecular flexibility index (Phi) is 2.97. The van der Waals surface area contributed by atoms with Gasteiger partial charge in [0, 0.05) is 12.3 Å². The van der Waals surface area contributed by atoms with E-state index in [0.29, 0.717) is 10.8 Å². The van der Waals surface area contributed by atoms with Crippen molar-refractivity contribution >= 4 is 17.6 Å². The number of ether oxygens (including phenoxy) is 1. The van der Waals surface area contributed by atoms with Crippen LogP contribution in [0, 0.1) is 0 Å². The molecule has 88 valence electrons. The highest BCUT2D eigenvalue weighted by Crippen LogP contribution is 2.17. The summed E-state index contributed by atoms with van der Waals surface area (Å²) in [5.74, 6) is -0.916. The standard InChI is InChI=1S/C10H8ClN3O3/c1-17-9-3-6(2-7(13-9)10(15)16)14-4-8(11)12-5-14/h2-5H,1H3,(H,15,16). The lowest BCUT2D eigenvalue weighted by atomic mass is 10.3. The molecule has 0 saturated heterocycles. The van der Waals surface area contributed by atoms with E-state index < -0.39 is 5.97 Å². The molecule has 2 aromatic rings. The van der Waals surface area contributed by atoms with Gasteiger partial charge in [0.05, 0.1) is 12.8 Å². The Morgan fingerprint density at radius 2 is 2.29 bits per heavy atom. The summed E-state index contributed by atoms with van der Waals surface area (Å²) in [4.78, 5) is 18.5. The summed E-state index contributed by atoms with van der Waals surface area (Å²) in [6, 6.07) is 2.99. The quantitative estimate of drug-likeness (QED) is 0.900. The Labute approximate surface area is 101 Å². The molecule has 0 saturated carbocycles. The van der Waals surface area contributed by atoms with Gasteiger partial charge < -0.3 is 14.4 Å². The average Bonchev–Trinajstić information content (AvgIpc) is 2.75. The first kappa shape index (κ1) is 11.4. The molecular formula is C10H8ClN3O3. The van der Waals surface area contributed by atoms with Crippen molar-refractivity contribution < 1.29 is 14.6 Å². The molecule has 0 bridgehead atoms. The maximum absolute atomic E-state index is 10.9. The van der Waals surface area contributed by atoms with E-state index in [1.54, 1.807) is 16.8 Å². The van der Waals surface area contributed by atoms with Gasteiger partial charge in [0.2, 0.25) is 5.88 Å². The van der Waals surface area contributed by atoms with Crippen molar-refractivity contribution in [2.24, 2.45) is 0 Å². The number of aromatic nitrogens is 3. The largest absolute Gasteiger partial charge is 0.481 e. The molecule has 7 heteroatoms. The Morgan fingerprint density at radius 1 is 1.53 bits per heavy atom. The van der Waals surface area contributed by atoms with Crippen LogP contribution in [-0.2, 0) is 0 Å². The van der Waals surface area contributed by atoms with E-state index in [4.69, 9.17) is 21.4 Å². The molecular weight excluding hydrogens is 246 g/mol. The molecule has 0 spiro atoms. The van der Waals surface area contributed by atoms with Gasteiger partial charge in [-0.05, 0) is 6.07 Å². The zero-order chi connectivity index (χ0) is 12.4. The summed E-state index contributed by atoms with van der Waals surface area (Å²) >= 11 is 5.69. The number of hydrogen-bond donors (Lipinski definition) is 1. The van der Waals surface area contributed by atoms with Crippen molar-refractivity contribution in [1.82, 2.24) is 14.5 Å². The predicted octanol–water partition coefficient (Wildman–Crippen LogP) is 1.63. The smallest absolute Gasteiger partial charge is 0.354 e. The maximum atomic E-state index is 10.9. The molecule has 6 nitrogen and oxygen atoms in total. The van der Waals surface area contributed by atoms with Crippen LogP contribution in [0.3, 0.4) is 0 Å². The molecule has 2 heterocycles. The van der Waals surface area contributed by atoms with Crippen LogP contribution in [0.4, 0.5) is 0 Å². The van der Waals surface area contributed by atoms with Crippen molar-refractivity contribution in [2.75, 3.05) is 7.11 Å². The van der Waals surface area contributed by atoms with Gasteiger partial charge in [-0.15, -0.1) is 0 Å². The summed E-state index contributed by atoms with van der Waals surface area (Å²) in [5.41, 5.74) is 0.456. The fraction of sp³-hybridized carbons (Fsp3) is 0.100. The Bertz CT molecular complexity index is 568. The van der Waals surface area contributed by atoms with Gasteiger partial charge in [0.25, 0.3) is 0 Å². The second kappa shape index (κ2) is 4.42. The van der Waals surface area contributed by atoms with Gasteiger partial charge in [-0.3, -0.25) is 0 Å². The molecule has 0 amide bonds. The van der Waals surface area contributed by atoms with Crippen LogP contribution in [0.2, 0.25) is 5.15 Å². The molecule has 2 aromatic heterocycles. The number of imidazole rings is 1. The third-order valence-electron chi connectivity index (χ3n) is 2.06. The molecule has 17 heavy (non-hydrogen) atoms. The zero-order valence-electron chi connectivity index (χ0n) is 8.79. The normalized spacial score (nSPS) is 10.2. The fourth-order valence-electron chi connectivity index (χ4n) is 1.29. The molecule has 0 aliphatic rings. The number of methoxy groups -OCH3 is 1. The lowest BCUT2D eigenvalue weighted by Crippen LogP contribution is -2.04.